The lowest BCUT2D eigenvalue weighted by Gasteiger charge is -2.05. The molecule has 0 spiro atoms. The van der Waals surface area contributed by atoms with Crippen LogP contribution in [0.4, 0.5) is 0 Å². The van der Waals surface area contributed by atoms with Gasteiger partial charge in [-0.3, -0.25) is 4.79 Å². The summed E-state index contributed by atoms with van der Waals surface area (Å²) in [4.78, 5) is 12.4. The van der Waals surface area contributed by atoms with Gasteiger partial charge < -0.3 is 0 Å². The molecule has 2 aromatic rings. The molecule has 0 unspecified atom stereocenters. The van der Waals surface area contributed by atoms with Gasteiger partial charge >= 0.3 is 0 Å². The standard InChI is InChI=1S/C20H20O/c1-14-11-16(12-15(14)2)7-10-20(21)19-9-8-17-5-3-4-6-18(17)13-19/h3-6,8-9,11,13H,7,10,12H2,1-2H3. The molecular weight excluding hydrogens is 256 g/mol. The molecule has 1 nitrogen and oxygen atoms in total. The molecule has 2 aromatic carbocycles. The van der Waals surface area contributed by atoms with E-state index < -0.39 is 0 Å². The SMILES string of the molecule is CC1=C(C)CC(CCC(=O)c2ccc3ccccc3c2)=C1. The highest BCUT2D eigenvalue weighted by atomic mass is 16.1. The van der Waals surface area contributed by atoms with E-state index >= 15 is 0 Å². The first-order valence-electron chi connectivity index (χ1n) is 7.51. The number of carbonyl (C=O) groups is 1. The molecule has 0 aliphatic heterocycles. The predicted octanol–water partition coefficient (Wildman–Crippen LogP) is 5.47. The quantitative estimate of drug-likeness (QED) is 0.677. The maximum atomic E-state index is 12.4. The van der Waals surface area contributed by atoms with E-state index in [4.69, 9.17) is 0 Å². The summed E-state index contributed by atoms with van der Waals surface area (Å²) in [5.74, 6) is 0.240. The van der Waals surface area contributed by atoms with Gasteiger partial charge in [-0.2, -0.15) is 0 Å². The lowest BCUT2D eigenvalue weighted by Crippen LogP contribution is -1.99. The fraction of sp³-hybridized carbons (Fsp3) is 0.250. The molecule has 0 fully saturated rings. The van der Waals surface area contributed by atoms with Crippen molar-refractivity contribution in [3.8, 4) is 0 Å². The van der Waals surface area contributed by atoms with Crippen LogP contribution in [0.15, 0.2) is 65.3 Å². The number of ketones is 1. The summed E-state index contributed by atoms with van der Waals surface area (Å²) in [6.07, 6.45) is 4.75. The van der Waals surface area contributed by atoms with E-state index in [1.807, 2.05) is 30.3 Å². The zero-order valence-electron chi connectivity index (χ0n) is 12.6. The fourth-order valence-corrected chi connectivity index (χ4v) is 2.90. The summed E-state index contributed by atoms with van der Waals surface area (Å²) < 4.78 is 0. The zero-order chi connectivity index (χ0) is 14.8. The van der Waals surface area contributed by atoms with Gasteiger partial charge in [-0.1, -0.05) is 59.2 Å². The molecule has 0 atom stereocenters. The average molecular weight is 276 g/mol. The molecule has 0 N–H and O–H groups in total. The van der Waals surface area contributed by atoms with Crippen LogP contribution in [0.2, 0.25) is 0 Å². The van der Waals surface area contributed by atoms with Gasteiger partial charge in [-0.25, -0.2) is 0 Å². The van der Waals surface area contributed by atoms with Gasteiger partial charge in [-0.05, 0) is 43.5 Å². The lowest BCUT2D eigenvalue weighted by molar-refractivity contribution is 0.0983. The predicted molar refractivity (Wildman–Crippen MR) is 88.6 cm³/mol. The largest absolute Gasteiger partial charge is 0.294 e. The van der Waals surface area contributed by atoms with Crippen LogP contribution in [0.3, 0.4) is 0 Å². The topological polar surface area (TPSA) is 17.1 Å². The number of Topliss-reactive ketones (excluding diaryl/α,β-unsaturated/α-hetero) is 1. The molecule has 21 heavy (non-hydrogen) atoms. The summed E-state index contributed by atoms with van der Waals surface area (Å²) in [6.45, 7) is 4.32. The van der Waals surface area contributed by atoms with Crippen LogP contribution in [0.5, 0.6) is 0 Å². The van der Waals surface area contributed by atoms with E-state index in [9.17, 15) is 4.79 Å². The number of allylic oxidation sites excluding steroid dienone is 4. The Hall–Kier alpha value is -2.15. The Morgan fingerprint density at radius 2 is 1.81 bits per heavy atom. The van der Waals surface area contributed by atoms with Crippen LogP contribution in [0.1, 0.15) is 43.5 Å². The summed E-state index contributed by atoms with van der Waals surface area (Å²) >= 11 is 0. The van der Waals surface area contributed by atoms with Crippen LogP contribution < -0.4 is 0 Å². The van der Waals surface area contributed by atoms with Crippen LogP contribution in [0.25, 0.3) is 10.8 Å². The van der Waals surface area contributed by atoms with Gasteiger partial charge in [0.25, 0.3) is 0 Å². The van der Waals surface area contributed by atoms with E-state index in [1.165, 1.54) is 22.1 Å². The normalized spacial score (nSPS) is 14.7. The molecule has 0 heterocycles. The van der Waals surface area contributed by atoms with Gasteiger partial charge in [-0.15, -0.1) is 0 Å². The number of rotatable bonds is 4. The maximum Gasteiger partial charge on any atom is 0.163 e. The third-order valence-electron chi connectivity index (χ3n) is 4.33. The second kappa shape index (κ2) is 5.69. The lowest BCUT2D eigenvalue weighted by atomic mass is 9.99. The second-order valence-corrected chi connectivity index (χ2v) is 5.93. The Balaban J connectivity index is 1.69. The monoisotopic (exact) mass is 276 g/mol. The number of hydrogen-bond donors (Lipinski definition) is 0. The van der Waals surface area contributed by atoms with Gasteiger partial charge in [0.2, 0.25) is 0 Å². The van der Waals surface area contributed by atoms with Crippen LogP contribution >= 0.6 is 0 Å². The molecule has 1 aliphatic carbocycles. The first-order chi connectivity index (χ1) is 10.1. The van der Waals surface area contributed by atoms with Crippen LogP contribution in [-0.2, 0) is 0 Å². The number of fused-ring (bicyclic) bond motifs is 1. The smallest absolute Gasteiger partial charge is 0.163 e. The molecule has 0 radical (unpaired) electrons. The van der Waals surface area contributed by atoms with Crippen molar-refractivity contribution < 1.29 is 4.79 Å². The first kappa shape index (κ1) is 13.8. The van der Waals surface area contributed by atoms with Gasteiger partial charge in [0.05, 0.1) is 0 Å². The van der Waals surface area contributed by atoms with Crippen molar-refractivity contribution in [2.45, 2.75) is 33.1 Å². The van der Waals surface area contributed by atoms with E-state index in [-0.39, 0.29) is 5.78 Å². The van der Waals surface area contributed by atoms with Crippen LogP contribution in [-0.4, -0.2) is 5.78 Å². The summed E-state index contributed by atoms with van der Waals surface area (Å²) in [5.41, 5.74) is 5.01. The Labute approximate surface area is 126 Å². The minimum atomic E-state index is 0.240. The van der Waals surface area contributed by atoms with E-state index in [2.05, 4.69) is 32.1 Å². The Kier molecular flexibility index (Phi) is 3.74. The summed E-state index contributed by atoms with van der Waals surface area (Å²) in [6, 6.07) is 14.2. The minimum absolute atomic E-state index is 0.240. The number of carbonyl (C=O) groups excluding carboxylic acids is 1. The molecular formula is C20H20O. The van der Waals surface area contributed by atoms with Gasteiger partial charge in [0.1, 0.15) is 0 Å². The Morgan fingerprint density at radius 1 is 1.05 bits per heavy atom. The second-order valence-electron chi connectivity index (χ2n) is 5.93. The molecule has 0 saturated carbocycles. The highest BCUT2D eigenvalue weighted by Gasteiger charge is 2.12. The van der Waals surface area contributed by atoms with Crippen molar-refractivity contribution in [3.63, 3.8) is 0 Å². The third kappa shape index (κ3) is 2.97. The van der Waals surface area contributed by atoms with Crippen molar-refractivity contribution in [3.05, 3.63) is 70.8 Å². The molecule has 0 aromatic heterocycles. The highest BCUT2D eigenvalue weighted by Crippen LogP contribution is 2.28. The van der Waals surface area contributed by atoms with Crippen molar-refractivity contribution in [1.82, 2.24) is 0 Å². The molecule has 1 heteroatoms. The Bertz CT molecular complexity index is 762. The van der Waals surface area contributed by atoms with Crippen LogP contribution in [0, 0.1) is 0 Å². The van der Waals surface area contributed by atoms with Crippen molar-refractivity contribution >= 4 is 16.6 Å². The number of benzene rings is 2. The zero-order valence-corrected chi connectivity index (χ0v) is 12.6. The molecule has 1 aliphatic rings. The first-order valence-corrected chi connectivity index (χ1v) is 7.51. The molecule has 0 bridgehead atoms. The highest BCUT2D eigenvalue weighted by molar-refractivity contribution is 6.00. The van der Waals surface area contributed by atoms with Gasteiger partial charge in [0.15, 0.2) is 5.78 Å². The minimum Gasteiger partial charge on any atom is -0.294 e. The summed E-state index contributed by atoms with van der Waals surface area (Å²) in [7, 11) is 0. The molecule has 106 valence electrons. The Morgan fingerprint density at radius 3 is 2.52 bits per heavy atom. The third-order valence-corrected chi connectivity index (χ3v) is 4.33. The van der Waals surface area contributed by atoms with E-state index in [0.29, 0.717) is 6.42 Å². The van der Waals surface area contributed by atoms with Gasteiger partial charge in [0, 0.05) is 12.0 Å². The molecule has 0 amide bonds. The fourth-order valence-electron chi connectivity index (χ4n) is 2.90. The van der Waals surface area contributed by atoms with Crippen molar-refractivity contribution in [2.75, 3.05) is 0 Å². The van der Waals surface area contributed by atoms with E-state index in [1.54, 1.807) is 0 Å². The molecule has 3 rings (SSSR count). The maximum absolute atomic E-state index is 12.4. The van der Waals surface area contributed by atoms with Crippen molar-refractivity contribution in [1.29, 1.82) is 0 Å². The van der Waals surface area contributed by atoms with E-state index in [0.717, 1.165) is 23.8 Å². The average Bonchev–Trinajstić information content (AvgIpc) is 2.83. The number of hydrogen-bond acceptors (Lipinski definition) is 1. The molecule has 0 saturated heterocycles. The summed E-state index contributed by atoms with van der Waals surface area (Å²) in [5, 5.41) is 2.32. The van der Waals surface area contributed by atoms with Crippen molar-refractivity contribution in [2.24, 2.45) is 0 Å².